The molecule has 0 N–H and O–H groups in total. The van der Waals surface area contributed by atoms with Gasteiger partial charge in [-0.15, -0.1) is 0 Å². The van der Waals surface area contributed by atoms with Crippen LogP contribution in [-0.2, 0) is 0 Å². The van der Waals surface area contributed by atoms with Crippen molar-refractivity contribution in [3.63, 3.8) is 0 Å². The van der Waals surface area contributed by atoms with Gasteiger partial charge in [-0.3, -0.25) is 0 Å². The maximum Gasteiger partial charge on any atom is 0.139 e. The Labute approximate surface area is 106 Å². The Hall–Kier alpha value is 0.282. The minimum atomic E-state index is -0.258. The zero-order valence-corrected chi connectivity index (χ0v) is 13.4. The van der Waals surface area contributed by atoms with Crippen LogP contribution in [0.5, 0.6) is 0 Å². The van der Waals surface area contributed by atoms with Gasteiger partial charge in [-0.25, -0.2) is 0 Å². The standard InChI is InChI=1S/C14H33BSi/c1-5-15(6-2)13-11-9-7-8-10-12-14-16(3)4/h16H,5-14H2,1-4H3. The molecule has 0 heterocycles. The fourth-order valence-corrected chi connectivity index (χ4v) is 3.49. The molecule has 0 aliphatic heterocycles. The second-order valence-corrected chi connectivity index (χ2v) is 9.14. The van der Waals surface area contributed by atoms with Gasteiger partial charge in [-0.2, -0.15) is 0 Å². The molecule has 0 aromatic carbocycles. The molecule has 0 atom stereocenters. The van der Waals surface area contributed by atoms with Crippen molar-refractivity contribution in [1.29, 1.82) is 0 Å². The van der Waals surface area contributed by atoms with Crippen LogP contribution in [0.3, 0.4) is 0 Å². The van der Waals surface area contributed by atoms with E-state index in [1.54, 1.807) is 6.04 Å². The molecule has 0 aliphatic carbocycles. The molecule has 0 radical (unpaired) electrons. The first-order valence-electron chi connectivity index (χ1n) is 7.70. The lowest BCUT2D eigenvalue weighted by atomic mass is 9.43. The molecule has 16 heavy (non-hydrogen) atoms. The van der Waals surface area contributed by atoms with E-state index in [-0.39, 0.29) is 8.80 Å². The molecule has 0 unspecified atom stereocenters. The first-order valence-corrected chi connectivity index (χ1v) is 10.8. The summed E-state index contributed by atoms with van der Waals surface area (Å²) < 4.78 is 0. The van der Waals surface area contributed by atoms with Gasteiger partial charge in [0.25, 0.3) is 0 Å². The van der Waals surface area contributed by atoms with Crippen LogP contribution in [0.2, 0.25) is 38.1 Å². The van der Waals surface area contributed by atoms with Crippen LogP contribution in [0, 0.1) is 0 Å². The van der Waals surface area contributed by atoms with E-state index in [0.29, 0.717) is 0 Å². The van der Waals surface area contributed by atoms with Gasteiger partial charge in [0.05, 0.1) is 0 Å². The Morgan fingerprint density at radius 1 is 0.750 bits per heavy atom. The monoisotopic (exact) mass is 240 g/mol. The quantitative estimate of drug-likeness (QED) is 0.337. The summed E-state index contributed by atoms with van der Waals surface area (Å²) in [5.41, 5.74) is 0. The van der Waals surface area contributed by atoms with Crippen LogP contribution < -0.4 is 0 Å². The number of unbranched alkanes of at least 4 members (excludes halogenated alkanes) is 5. The van der Waals surface area contributed by atoms with Crippen molar-refractivity contribution in [1.82, 2.24) is 0 Å². The summed E-state index contributed by atoms with van der Waals surface area (Å²) >= 11 is 0. The molecule has 0 amide bonds. The van der Waals surface area contributed by atoms with Gasteiger partial charge in [0, 0.05) is 8.80 Å². The van der Waals surface area contributed by atoms with Crippen LogP contribution in [0.25, 0.3) is 0 Å². The third-order valence-electron chi connectivity index (χ3n) is 3.80. The van der Waals surface area contributed by atoms with Crippen LogP contribution in [0.15, 0.2) is 0 Å². The van der Waals surface area contributed by atoms with Gasteiger partial charge in [0.2, 0.25) is 0 Å². The minimum absolute atomic E-state index is 0.258. The van der Waals surface area contributed by atoms with Crippen LogP contribution in [-0.4, -0.2) is 15.5 Å². The van der Waals surface area contributed by atoms with E-state index < -0.39 is 0 Å². The Bertz CT molecular complexity index is 133. The van der Waals surface area contributed by atoms with E-state index in [0.717, 1.165) is 6.71 Å². The van der Waals surface area contributed by atoms with Gasteiger partial charge in [0.15, 0.2) is 0 Å². The molecule has 0 aromatic rings. The highest BCUT2D eigenvalue weighted by Gasteiger charge is 2.06. The first kappa shape index (κ1) is 16.3. The van der Waals surface area contributed by atoms with Crippen molar-refractivity contribution in [2.24, 2.45) is 0 Å². The Morgan fingerprint density at radius 3 is 1.75 bits per heavy atom. The Kier molecular flexibility index (Phi) is 12.0. The molecule has 0 saturated carbocycles. The van der Waals surface area contributed by atoms with Gasteiger partial charge in [0.1, 0.15) is 6.71 Å². The summed E-state index contributed by atoms with van der Waals surface area (Å²) in [5.74, 6) is 0. The van der Waals surface area contributed by atoms with Crippen molar-refractivity contribution >= 4 is 15.5 Å². The maximum absolute atomic E-state index is 2.47. The summed E-state index contributed by atoms with van der Waals surface area (Å²) in [7, 11) is -0.258. The van der Waals surface area contributed by atoms with Crippen LogP contribution >= 0.6 is 0 Å². The fourth-order valence-electron chi connectivity index (χ4n) is 2.39. The summed E-state index contributed by atoms with van der Waals surface area (Å²) in [6, 6.07) is 1.56. The molecular weight excluding hydrogens is 207 g/mol. The molecule has 0 nitrogen and oxygen atoms in total. The number of rotatable bonds is 11. The molecule has 2 heteroatoms. The van der Waals surface area contributed by atoms with Gasteiger partial charge < -0.3 is 0 Å². The largest absolute Gasteiger partial charge is 0.139 e. The van der Waals surface area contributed by atoms with Gasteiger partial charge in [-0.05, 0) is 0 Å². The lowest BCUT2D eigenvalue weighted by molar-refractivity contribution is 0.621. The zero-order chi connectivity index (χ0) is 12.2. The molecule has 0 saturated heterocycles. The summed E-state index contributed by atoms with van der Waals surface area (Å²) in [6.07, 6.45) is 13.2. The molecule has 0 rings (SSSR count). The van der Waals surface area contributed by atoms with Gasteiger partial charge in [-0.1, -0.05) is 90.5 Å². The summed E-state index contributed by atoms with van der Waals surface area (Å²) in [5, 5.41) is 0. The average Bonchev–Trinajstić information content (AvgIpc) is 2.27. The Morgan fingerprint density at radius 2 is 1.25 bits per heavy atom. The van der Waals surface area contributed by atoms with Crippen LogP contribution in [0.1, 0.15) is 52.4 Å². The third kappa shape index (κ3) is 10.8. The average molecular weight is 240 g/mol. The second kappa shape index (κ2) is 11.8. The second-order valence-electron chi connectivity index (χ2n) is 5.78. The van der Waals surface area contributed by atoms with Gasteiger partial charge >= 0.3 is 0 Å². The predicted molar refractivity (Wildman–Crippen MR) is 82.9 cm³/mol. The lowest BCUT2D eigenvalue weighted by Gasteiger charge is -2.08. The summed E-state index contributed by atoms with van der Waals surface area (Å²) in [6.45, 7) is 10.6. The predicted octanol–water partition coefficient (Wildman–Crippen LogP) is 5.35. The lowest BCUT2D eigenvalue weighted by Crippen LogP contribution is -2.07. The van der Waals surface area contributed by atoms with Crippen molar-refractivity contribution < 1.29 is 0 Å². The molecule has 0 aliphatic rings. The molecule has 0 spiro atoms. The van der Waals surface area contributed by atoms with E-state index in [1.807, 2.05) is 0 Å². The normalized spacial score (nSPS) is 11.1. The molecule has 0 aromatic heterocycles. The van der Waals surface area contributed by atoms with E-state index in [1.165, 1.54) is 57.5 Å². The smallest absolute Gasteiger partial charge is 0.0770 e. The van der Waals surface area contributed by atoms with E-state index in [4.69, 9.17) is 0 Å². The van der Waals surface area contributed by atoms with E-state index in [2.05, 4.69) is 26.9 Å². The van der Waals surface area contributed by atoms with E-state index in [9.17, 15) is 0 Å². The molecular formula is C14H33BSi. The fraction of sp³-hybridized carbons (Fsp3) is 1.00. The Balaban J connectivity index is 3.09. The van der Waals surface area contributed by atoms with Crippen molar-refractivity contribution in [2.45, 2.75) is 90.5 Å². The van der Waals surface area contributed by atoms with Crippen molar-refractivity contribution in [2.75, 3.05) is 0 Å². The third-order valence-corrected chi connectivity index (χ3v) is 5.36. The number of hydrogen-bond acceptors (Lipinski definition) is 0. The highest BCUT2D eigenvalue weighted by atomic mass is 28.3. The van der Waals surface area contributed by atoms with Crippen molar-refractivity contribution in [3.05, 3.63) is 0 Å². The topological polar surface area (TPSA) is 0 Å². The summed E-state index contributed by atoms with van der Waals surface area (Å²) in [4.78, 5) is 0. The highest BCUT2D eigenvalue weighted by molar-refractivity contribution is 6.58. The molecule has 96 valence electrons. The first-order chi connectivity index (χ1) is 7.70. The molecule has 0 bridgehead atoms. The zero-order valence-electron chi connectivity index (χ0n) is 12.2. The highest BCUT2D eigenvalue weighted by Crippen LogP contribution is 2.13. The van der Waals surface area contributed by atoms with Crippen LogP contribution in [0.4, 0.5) is 0 Å². The van der Waals surface area contributed by atoms with Crippen molar-refractivity contribution in [3.8, 4) is 0 Å². The number of hydrogen-bond donors (Lipinski definition) is 0. The van der Waals surface area contributed by atoms with E-state index >= 15 is 0 Å². The molecule has 0 fully saturated rings. The SMILES string of the molecule is CCB(CC)CCCCCCCC[SiH](C)C. The minimum Gasteiger partial charge on any atom is -0.0770 e. The maximum atomic E-state index is 2.47.